The Bertz CT molecular complexity index is 184. The molecule has 1 saturated heterocycles. The molecular weight excluding hydrogens is 206 g/mol. The van der Waals surface area contributed by atoms with E-state index in [1.807, 2.05) is 11.8 Å². The summed E-state index contributed by atoms with van der Waals surface area (Å²) in [6, 6.07) is 0.651. The van der Waals surface area contributed by atoms with Crippen LogP contribution in [0.15, 0.2) is 0 Å². The first-order valence-electron chi connectivity index (χ1n) is 5.90. The molecule has 0 spiro atoms. The van der Waals surface area contributed by atoms with Crippen LogP contribution in [-0.4, -0.2) is 36.8 Å². The minimum atomic E-state index is 0.0681. The molecule has 0 aromatic carbocycles. The maximum atomic E-state index is 5.71. The van der Waals surface area contributed by atoms with Crippen molar-refractivity contribution >= 4 is 11.8 Å². The summed E-state index contributed by atoms with van der Waals surface area (Å²) in [5, 5.41) is 3.67. The zero-order valence-electron chi connectivity index (χ0n) is 10.5. The maximum Gasteiger partial charge on any atom is 0.0641 e. The summed E-state index contributed by atoms with van der Waals surface area (Å²) in [4.78, 5) is 0. The zero-order chi connectivity index (χ0) is 11.3. The smallest absolute Gasteiger partial charge is 0.0641 e. The van der Waals surface area contributed by atoms with E-state index in [1.54, 1.807) is 0 Å². The van der Waals surface area contributed by atoms with E-state index in [0.29, 0.717) is 6.04 Å². The van der Waals surface area contributed by atoms with Gasteiger partial charge in [-0.15, -0.1) is 0 Å². The topological polar surface area (TPSA) is 21.3 Å². The second-order valence-corrected chi connectivity index (χ2v) is 6.18. The van der Waals surface area contributed by atoms with Gasteiger partial charge in [0, 0.05) is 12.6 Å². The van der Waals surface area contributed by atoms with Gasteiger partial charge in [-0.3, -0.25) is 0 Å². The van der Waals surface area contributed by atoms with Crippen molar-refractivity contribution in [3.05, 3.63) is 0 Å². The third-order valence-corrected chi connectivity index (χ3v) is 3.81. The highest BCUT2D eigenvalue weighted by molar-refractivity contribution is 7.98. The molecule has 1 heterocycles. The third kappa shape index (κ3) is 5.23. The Hall–Kier alpha value is 0.270. The minimum absolute atomic E-state index is 0.0681. The van der Waals surface area contributed by atoms with Crippen molar-refractivity contribution in [1.82, 2.24) is 5.32 Å². The van der Waals surface area contributed by atoms with Gasteiger partial charge in [0.25, 0.3) is 0 Å². The summed E-state index contributed by atoms with van der Waals surface area (Å²) in [5.41, 5.74) is 0.0681. The molecule has 1 rings (SSSR count). The maximum absolute atomic E-state index is 5.71. The minimum Gasteiger partial charge on any atom is -0.375 e. The van der Waals surface area contributed by atoms with Gasteiger partial charge < -0.3 is 10.1 Å². The van der Waals surface area contributed by atoms with Crippen LogP contribution in [0.5, 0.6) is 0 Å². The number of nitrogens with one attached hydrogen (secondary N) is 1. The molecule has 0 aromatic heterocycles. The standard InChI is InChI=1S/C12H25NOS/c1-10(9-15-4)8-13-11-5-6-14-12(2,3)7-11/h10-11,13H,5-9H2,1-4H3. The van der Waals surface area contributed by atoms with Crippen LogP contribution < -0.4 is 5.32 Å². The lowest BCUT2D eigenvalue weighted by Gasteiger charge is -2.36. The molecule has 0 saturated carbocycles. The lowest BCUT2D eigenvalue weighted by molar-refractivity contribution is -0.0630. The summed E-state index contributed by atoms with van der Waals surface area (Å²) in [6.07, 6.45) is 4.47. The molecular formula is C12H25NOS. The van der Waals surface area contributed by atoms with Gasteiger partial charge in [0.1, 0.15) is 0 Å². The Morgan fingerprint density at radius 2 is 2.27 bits per heavy atom. The van der Waals surface area contributed by atoms with E-state index >= 15 is 0 Å². The number of rotatable bonds is 5. The first kappa shape index (κ1) is 13.3. The van der Waals surface area contributed by atoms with E-state index in [2.05, 4.69) is 32.3 Å². The van der Waals surface area contributed by atoms with Crippen LogP contribution in [0.1, 0.15) is 33.6 Å². The Kier molecular flexibility index (Phi) is 5.44. The molecule has 0 aliphatic carbocycles. The normalized spacial score (nSPS) is 27.6. The van der Waals surface area contributed by atoms with Crippen LogP contribution in [0.2, 0.25) is 0 Å². The van der Waals surface area contributed by atoms with Crippen molar-refractivity contribution in [2.24, 2.45) is 5.92 Å². The SMILES string of the molecule is CSCC(C)CNC1CCOC(C)(C)C1. The second-order valence-electron chi connectivity index (χ2n) is 5.27. The van der Waals surface area contributed by atoms with Gasteiger partial charge in [-0.05, 0) is 51.2 Å². The molecule has 1 aliphatic heterocycles. The van der Waals surface area contributed by atoms with Crippen molar-refractivity contribution in [1.29, 1.82) is 0 Å². The monoisotopic (exact) mass is 231 g/mol. The van der Waals surface area contributed by atoms with Crippen molar-refractivity contribution < 1.29 is 4.74 Å². The summed E-state index contributed by atoms with van der Waals surface area (Å²) in [6.45, 7) is 8.73. The number of ether oxygens (including phenoxy) is 1. The molecule has 2 unspecified atom stereocenters. The predicted molar refractivity (Wildman–Crippen MR) is 68.6 cm³/mol. The number of hydrogen-bond acceptors (Lipinski definition) is 3. The van der Waals surface area contributed by atoms with Crippen molar-refractivity contribution in [3.8, 4) is 0 Å². The fraction of sp³-hybridized carbons (Fsp3) is 1.00. The summed E-state index contributed by atoms with van der Waals surface area (Å²) >= 11 is 1.93. The van der Waals surface area contributed by atoms with Crippen molar-refractivity contribution in [2.75, 3.05) is 25.2 Å². The second kappa shape index (κ2) is 6.12. The fourth-order valence-electron chi connectivity index (χ4n) is 2.12. The van der Waals surface area contributed by atoms with Crippen LogP contribution in [0.3, 0.4) is 0 Å². The van der Waals surface area contributed by atoms with E-state index < -0.39 is 0 Å². The molecule has 2 nitrogen and oxygen atoms in total. The first-order chi connectivity index (χ1) is 7.03. The van der Waals surface area contributed by atoms with Crippen LogP contribution in [0.25, 0.3) is 0 Å². The van der Waals surface area contributed by atoms with Crippen molar-refractivity contribution in [3.63, 3.8) is 0 Å². The third-order valence-electron chi connectivity index (χ3n) is 2.90. The van der Waals surface area contributed by atoms with Gasteiger partial charge in [0.2, 0.25) is 0 Å². The van der Waals surface area contributed by atoms with Gasteiger partial charge in [0.05, 0.1) is 5.60 Å². The molecule has 0 aromatic rings. The first-order valence-corrected chi connectivity index (χ1v) is 7.29. The molecule has 0 bridgehead atoms. The van der Waals surface area contributed by atoms with E-state index in [1.165, 1.54) is 5.75 Å². The van der Waals surface area contributed by atoms with Gasteiger partial charge in [-0.25, -0.2) is 0 Å². The van der Waals surface area contributed by atoms with E-state index in [0.717, 1.165) is 31.9 Å². The molecule has 15 heavy (non-hydrogen) atoms. The highest BCUT2D eigenvalue weighted by atomic mass is 32.2. The Morgan fingerprint density at radius 1 is 1.53 bits per heavy atom. The fourth-order valence-corrected chi connectivity index (χ4v) is 2.80. The van der Waals surface area contributed by atoms with E-state index in [4.69, 9.17) is 4.74 Å². The van der Waals surface area contributed by atoms with E-state index in [9.17, 15) is 0 Å². The Labute approximate surface area is 98.5 Å². The zero-order valence-corrected chi connectivity index (χ0v) is 11.3. The van der Waals surface area contributed by atoms with Crippen LogP contribution in [0, 0.1) is 5.92 Å². The highest BCUT2D eigenvalue weighted by Crippen LogP contribution is 2.23. The molecule has 1 aliphatic rings. The van der Waals surface area contributed by atoms with Gasteiger partial charge in [0.15, 0.2) is 0 Å². The largest absolute Gasteiger partial charge is 0.375 e. The van der Waals surface area contributed by atoms with E-state index in [-0.39, 0.29) is 5.60 Å². The molecule has 1 N–H and O–H groups in total. The van der Waals surface area contributed by atoms with Gasteiger partial charge in [-0.2, -0.15) is 11.8 Å². The predicted octanol–water partition coefficient (Wildman–Crippen LogP) is 2.53. The van der Waals surface area contributed by atoms with Gasteiger partial charge >= 0.3 is 0 Å². The summed E-state index contributed by atoms with van der Waals surface area (Å²) in [5.74, 6) is 2.02. The summed E-state index contributed by atoms with van der Waals surface area (Å²) < 4.78 is 5.71. The molecule has 1 fully saturated rings. The van der Waals surface area contributed by atoms with Crippen LogP contribution >= 0.6 is 11.8 Å². The molecule has 2 atom stereocenters. The Balaban J connectivity index is 2.21. The van der Waals surface area contributed by atoms with Crippen LogP contribution in [0.4, 0.5) is 0 Å². The van der Waals surface area contributed by atoms with Gasteiger partial charge in [-0.1, -0.05) is 6.92 Å². The number of hydrogen-bond donors (Lipinski definition) is 1. The number of thioether (sulfide) groups is 1. The molecule has 3 heteroatoms. The molecule has 0 radical (unpaired) electrons. The molecule has 90 valence electrons. The average molecular weight is 231 g/mol. The van der Waals surface area contributed by atoms with Crippen LogP contribution in [-0.2, 0) is 4.74 Å². The average Bonchev–Trinajstić information content (AvgIpc) is 2.14. The lowest BCUT2D eigenvalue weighted by Crippen LogP contribution is -2.45. The quantitative estimate of drug-likeness (QED) is 0.785. The lowest BCUT2D eigenvalue weighted by atomic mass is 9.94. The highest BCUT2D eigenvalue weighted by Gasteiger charge is 2.28. The van der Waals surface area contributed by atoms with Crippen molar-refractivity contribution in [2.45, 2.75) is 45.3 Å². The Morgan fingerprint density at radius 3 is 2.87 bits per heavy atom. The summed E-state index contributed by atoms with van der Waals surface area (Å²) in [7, 11) is 0. The molecule has 0 amide bonds.